The number of rotatable bonds is 3. The fraction of sp³-hybridized carbons (Fsp3) is 0.500. The zero-order chi connectivity index (χ0) is 17.2. The first-order valence-electron chi connectivity index (χ1n) is 9.32. The molecule has 0 radical (unpaired) electrons. The van der Waals surface area contributed by atoms with Crippen LogP contribution in [0, 0.1) is 6.92 Å². The van der Waals surface area contributed by atoms with Crippen molar-refractivity contribution in [1.29, 1.82) is 0 Å². The molecule has 132 valence electrons. The maximum absolute atomic E-state index is 13.0. The van der Waals surface area contributed by atoms with Gasteiger partial charge in [-0.15, -0.1) is 0 Å². The molecule has 5 nitrogen and oxygen atoms in total. The highest BCUT2D eigenvalue weighted by molar-refractivity contribution is 5.95. The van der Waals surface area contributed by atoms with Crippen molar-refractivity contribution >= 4 is 5.91 Å². The smallest absolute Gasteiger partial charge is 0.257 e. The van der Waals surface area contributed by atoms with Gasteiger partial charge in [-0.25, -0.2) is 0 Å². The molecule has 1 amide bonds. The Bertz CT molecular complexity index is 739. The van der Waals surface area contributed by atoms with Crippen LogP contribution in [-0.4, -0.2) is 57.7 Å². The van der Waals surface area contributed by atoms with Crippen LogP contribution in [0.4, 0.5) is 0 Å². The highest BCUT2D eigenvalue weighted by Gasteiger charge is 2.32. The zero-order valence-electron chi connectivity index (χ0n) is 14.9. The molecule has 0 unspecified atom stereocenters. The van der Waals surface area contributed by atoms with Crippen LogP contribution in [0.15, 0.2) is 36.5 Å². The molecule has 1 aromatic heterocycles. The SMILES string of the molecule is Cc1c(C(=O)N2CCN3CCCC[C@H]3C2)cnn1Cc1ccccc1. The average molecular weight is 338 g/mol. The summed E-state index contributed by atoms with van der Waals surface area (Å²) in [7, 11) is 0. The lowest BCUT2D eigenvalue weighted by Gasteiger charge is -2.44. The summed E-state index contributed by atoms with van der Waals surface area (Å²) in [6.45, 7) is 6.60. The number of carbonyl (C=O) groups excluding carboxylic acids is 1. The molecule has 3 heterocycles. The number of benzene rings is 1. The number of nitrogens with zero attached hydrogens (tertiary/aromatic N) is 4. The fourth-order valence-electron chi connectivity index (χ4n) is 4.08. The van der Waals surface area contributed by atoms with Gasteiger partial charge in [0.2, 0.25) is 0 Å². The van der Waals surface area contributed by atoms with Crippen LogP contribution in [0.25, 0.3) is 0 Å². The minimum absolute atomic E-state index is 0.141. The molecule has 2 aromatic rings. The van der Waals surface area contributed by atoms with Gasteiger partial charge in [0.1, 0.15) is 0 Å². The first-order chi connectivity index (χ1) is 12.2. The maximum atomic E-state index is 13.0. The van der Waals surface area contributed by atoms with E-state index < -0.39 is 0 Å². The summed E-state index contributed by atoms with van der Waals surface area (Å²) in [5.41, 5.74) is 2.91. The number of fused-ring (bicyclic) bond motifs is 1. The van der Waals surface area contributed by atoms with Gasteiger partial charge in [-0.2, -0.15) is 5.10 Å². The van der Waals surface area contributed by atoms with Crippen LogP contribution in [0.1, 0.15) is 40.9 Å². The molecule has 0 bridgehead atoms. The summed E-state index contributed by atoms with van der Waals surface area (Å²) in [5, 5.41) is 4.47. The molecule has 1 aromatic carbocycles. The van der Waals surface area contributed by atoms with Gasteiger partial charge in [0, 0.05) is 31.4 Å². The molecule has 0 spiro atoms. The Labute approximate surface area is 149 Å². The van der Waals surface area contributed by atoms with Crippen molar-refractivity contribution in [3.63, 3.8) is 0 Å². The summed E-state index contributed by atoms with van der Waals surface area (Å²) in [6, 6.07) is 10.8. The second-order valence-corrected chi connectivity index (χ2v) is 7.22. The lowest BCUT2D eigenvalue weighted by atomic mass is 9.99. The highest BCUT2D eigenvalue weighted by Crippen LogP contribution is 2.23. The van der Waals surface area contributed by atoms with Crippen LogP contribution >= 0.6 is 0 Å². The zero-order valence-corrected chi connectivity index (χ0v) is 14.9. The van der Waals surface area contributed by atoms with E-state index in [1.54, 1.807) is 6.20 Å². The minimum atomic E-state index is 0.141. The predicted molar refractivity (Wildman–Crippen MR) is 97.6 cm³/mol. The number of piperidine rings is 1. The molecule has 0 saturated carbocycles. The third kappa shape index (κ3) is 3.33. The molecule has 0 N–H and O–H groups in total. The summed E-state index contributed by atoms with van der Waals surface area (Å²) >= 11 is 0. The van der Waals surface area contributed by atoms with E-state index in [1.807, 2.05) is 34.7 Å². The molecular weight excluding hydrogens is 312 g/mol. The maximum Gasteiger partial charge on any atom is 0.257 e. The van der Waals surface area contributed by atoms with E-state index in [4.69, 9.17) is 0 Å². The Morgan fingerprint density at radius 2 is 2.00 bits per heavy atom. The van der Waals surface area contributed by atoms with Gasteiger partial charge in [-0.05, 0) is 31.9 Å². The Morgan fingerprint density at radius 1 is 1.16 bits per heavy atom. The Kier molecular flexibility index (Phi) is 4.57. The van der Waals surface area contributed by atoms with Crippen LogP contribution in [0.5, 0.6) is 0 Å². The normalized spacial score (nSPS) is 21.2. The third-order valence-electron chi connectivity index (χ3n) is 5.63. The Hall–Kier alpha value is -2.14. The van der Waals surface area contributed by atoms with Crippen LogP contribution < -0.4 is 0 Å². The third-order valence-corrected chi connectivity index (χ3v) is 5.63. The van der Waals surface area contributed by atoms with Crippen LogP contribution in [-0.2, 0) is 6.54 Å². The quantitative estimate of drug-likeness (QED) is 0.864. The van der Waals surface area contributed by atoms with Crippen molar-refractivity contribution < 1.29 is 4.79 Å². The molecule has 0 aliphatic carbocycles. The van der Waals surface area contributed by atoms with Crippen molar-refractivity contribution in [2.45, 2.75) is 38.8 Å². The molecule has 25 heavy (non-hydrogen) atoms. The summed E-state index contributed by atoms with van der Waals surface area (Å²) in [5.74, 6) is 0.141. The molecule has 5 heteroatoms. The number of piperazine rings is 1. The first-order valence-corrected chi connectivity index (χ1v) is 9.32. The van der Waals surface area contributed by atoms with Gasteiger partial charge in [0.05, 0.1) is 18.3 Å². The lowest BCUT2D eigenvalue weighted by molar-refractivity contribution is 0.0372. The van der Waals surface area contributed by atoms with Gasteiger partial charge >= 0.3 is 0 Å². The molecule has 2 aliphatic heterocycles. The average Bonchev–Trinajstić information content (AvgIpc) is 3.02. The van der Waals surface area contributed by atoms with Crippen LogP contribution in [0.2, 0.25) is 0 Å². The highest BCUT2D eigenvalue weighted by atomic mass is 16.2. The Balaban J connectivity index is 1.47. The van der Waals surface area contributed by atoms with E-state index in [0.717, 1.165) is 30.9 Å². The molecule has 1 atom stereocenters. The van der Waals surface area contributed by atoms with E-state index >= 15 is 0 Å². The van der Waals surface area contributed by atoms with Crippen LogP contribution in [0.3, 0.4) is 0 Å². The van der Waals surface area contributed by atoms with Gasteiger partial charge in [-0.3, -0.25) is 14.4 Å². The standard InChI is InChI=1S/C20H26N4O/c1-16-19(13-21-24(16)14-17-7-3-2-4-8-17)20(25)23-12-11-22-10-6-5-9-18(22)15-23/h2-4,7-8,13,18H,5-6,9-12,14-15H2,1H3/t18-/m0/s1. The monoisotopic (exact) mass is 338 g/mol. The molecule has 2 aliphatic rings. The predicted octanol–water partition coefficient (Wildman–Crippen LogP) is 2.55. The van der Waals surface area contributed by atoms with E-state index in [0.29, 0.717) is 12.6 Å². The molecule has 2 saturated heterocycles. The topological polar surface area (TPSA) is 41.4 Å². The number of hydrogen-bond donors (Lipinski definition) is 0. The van der Waals surface area contributed by atoms with E-state index in [9.17, 15) is 4.79 Å². The number of aromatic nitrogens is 2. The summed E-state index contributed by atoms with van der Waals surface area (Å²) in [4.78, 5) is 17.6. The van der Waals surface area contributed by atoms with Gasteiger partial charge in [0.15, 0.2) is 0 Å². The molecular formula is C20H26N4O. The minimum Gasteiger partial charge on any atom is -0.336 e. The first kappa shape index (κ1) is 16.3. The van der Waals surface area contributed by atoms with E-state index in [1.165, 1.54) is 31.4 Å². The van der Waals surface area contributed by atoms with Gasteiger partial charge < -0.3 is 4.90 Å². The van der Waals surface area contributed by atoms with Crippen molar-refractivity contribution in [2.75, 3.05) is 26.2 Å². The Morgan fingerprint density at radius 3 is 2.84 bits per heavy atom. The van der Waals surface area contributed by atoms with Crippen molar-refractivity contribution in [3.05, 3.63) is 53.3 Å². The van der Waals surface area contributed by atoms with Crippen molar-refractivity contribution in [3.8, 4) is 0 Å². The van der Waals surface area contributed by atoms with Gasteiger partial charge in [-0.1, -0.05) is 36.8 Å². The summed E-state index contributed by atoms with van der Waals surface area (Å²) < 4.78 is 1.93. The largest absolute Gasteiger partial charge is 0.336 e. The van der Waals surface area contributed by atoms with Gasteiger partial charge in [0.25, 0.3) is 5.91 Å². The van der Waals surface area contributed by atoms with E-state index in [2.05, 4.69) is 22.1 Å². The van der Waals surface area contributed by atoms with E-state index in [-0.39, 0.29) is 5.91 Å². The van der Waals surface area contributed by atoms with Crippen molar-refractivity contribution in [1.82, 2.24) is 19.6 Å². The van der Waals surface area contributed by atoms with Crippen molar-refractivity contribution in [2.24, 2.45) is 0 Å². The number of hydrogen-bond acceptors (Lipinski definition) is 3. The lowest BCUT2D eigenvalue weighted by Crippen LogP contribution is -2.56. The second-order valence-electron chi connectivity index (χ2n) is 7.22. The fourth-order valence-corrected chi connectivity index (χ4v) is 4.08. The summed E-state index contributed by atoms with van der Waals surface area (Å²) in [6.07, 6.45) is 5.55. The number of amides is 1. The number of carbonyl (C=O) groups is 1. The molecule has 2 fully saturated rings. The molecule has 4 rings (SSSR count). The second kappa shape index (κ2) is 7.00.